The van der Waals surface area contributed by atoms with Gasteiger partial charge in [0.25, 0.3) is 11.8 Å². The van der Waals surface area contributed by atoms with Crippen LogP contribution in [0, 0.1) is 0 Å². The standard InChI is InChI=1S/C31H32N6O5/c1-35-13-15-36(16-14-35)27(34-41)22-5-3-20(4-6-22)21-7-10-24(11-8-21)31(29(39)32-30(40)33-31)19-37-18-23-9-12-25(42-2)17-26(23)28(37)38/h3-12,17,41H,13-16,18-19H2,1-2H3,(H2,32,33,39,40)/t31-/m0/s1. The van der Waals surface area contributed by atoms with Gasteiger partial charge in [-0.3, -0.25) is 14.9 Å². The van der Waals surface area contributed by atoms with Crippen LogP contribution in [0.1, 0.15) is 27.0 Å². The molecule has 1 atom stereocenters. The first-order chi connectivity index (χ1) is 20.3. The van der Waals surface area contributed by atoms with Crippen molar-refractivity contribution in [2.45, 2.75) is 12.1 Å². The number of ether oxygens (including phenoxy) is 1. The lowest BCUT2D eigenvalue weighted by atomic mass is 9.88. The van der Waals surface area contributed by atoms with Crippen molar-refractivity contribution in [2.24, 2.45) is 5.16 Å². The van der Waals surface area contributed by atoms with Gasteiger partial charge in [0.05, 0.1) is 13.7 Å². The molecule has 0 bridgehead atoms. The van der Waals surface area contributed by atoms with Crippen molar-refractivity contribution in [1.82, 2.24) is 25.3 Å². The smallest absolute Gasteiger partial charge is 0.322 e. The molecule has 3 aromatic carbocycles. The van der Waals surface area contributed by atoms with Crippen LogP contribution in [0.3, 0.4) is 0 Å². The summed E-state index contributed by atoms with van der Waals surface area (Å²) in [6.07, 6.45) is 0. The largest absolute Gasteiger partial charge is 0.497 e. The molecular weight excluding hydrogens is 536 g/mol. The first-order valence-electron chi connectivity index (χ1n) is 13.8. The van der Waals surface area contributed by atoms with Crippen LogP contribution in [-0.4, -0.2) is 90.5 Å². The number of benzene rings is 3. The molecule has 11 heteroatoms. The number of fused-ring (bicyclic) bond motifs is 1. The monoisotopic (exact) mass is 568 g/mol. The lowest BCUT2D eigenvalue weighted by Crippen LogP contribution is -2.52. The zero-order chi connectivity index (χ0) is 29.4. The molecule has 3 aromatic rings. The van der Waals surface area contributed by atoms with E-state index in [-0.39, 0.29) is 12.5 Å². The number of rotatable bonds is 6. The molecular formula is C31H32N6O5. The van der Waals surface area contributed by atoms with Gasteiger partial charge < -0.3 is 30.0 Å². The average molecular weight is 569 g/mol. The molecule has 2 fully saturated rings. The minimum Gasteiger partial charge on any atom is -0.497 e. The van der Waals surface area contributed by atoms with Crippen LogP contribution in [0.25, 0.3) is 11.1 Å². The van der Waals surface area contributed by atoms with Gasteiger partial charge in [0, 0.05) is 43.9 Å². The first kappa shape index (κ1) is 27.3. The van der Waals surface area contributed by atoms with E-state index in [9.17, 15) is 19.6 Å². The molecule has 0 unspecified atom stereocenters. The van der Waals surface area contributed by atoms with Crippen LogP contribution in [0.5, 0.6) is 5.75 Å². The highest BCUT2D eigenvalue weighted by atomic mass is 16.5. The summed E-state index contributed by atoms with van der Waals surface area (Å²) < 4.78 is 5.27. The molecule has 6 rings (SSSR count). The topological polar surface area (TPSA) is 127 Å². The van der Waals surface area contributed by atoms with Gasteiger partial charge in [-0.25, -0.2) is 4.79 Å². The molecule has 0 spiro atoms. The number of hydrogen-bond donors (Lipinski definition) is 3. The van der Waals surface area contributed by atoms with Gasteiger partial charge >= 0.3 is 6.03 Å². The molecule has 2 saturated heterocycles. The van der Waals surface area contributed by atoms with E-state index in [0.717, 1.165) is 48.4 Å². The van der Waals surface area contributed by atoms with Gasteiger partial charge in [-0.1, -0.05) is 59.8 Å². The minimum absolute atomic E-state index is 0.0238. The normalized spacial score (nSPS) is 20.9. The fraction of sp³-hybridized carbons (Fsp3) is 0.290. The SMILES string of the molecule is COc1ccc2c(c1)C(=O)N(C[C@@]1(c3ccc(-c4ccc(C(=NO)N5CCN(C)CC5)cc4)cc3)NC(=O)NC1=O)C2. The number of nitrogens with zero attached hydrogens (tertiary/aromatic N) is 4. The van der Waals surface area contributed by atoms with Crippen molar-refractivity contribution in [3.63, 3.8) is 0 Å². The number of amides is 4. The number of carbonyl (C=O) groups is 3. The second-order valence-corrected chi connectivity index (χ2v) is 10.9. The number of oxime groups is 1. The van der Waals surface area contributed by atoms with Crippen LogP contribution in [0.15, 0.2) is 71.9 Å². The number of amidine groups is 1. The number of nitrogens with one attached hydrogen (secondary N) is 2. The van der Waals surface area contributed by atoms with Gasteiger partial charge in [-0.15, -0.1) is 0 Å². The van der Waals surface area contributed by atoms with E-state index in [1.807, 2.05) is 42.5 Å². The number of methoxy groups -OCH3 is 1. The fourth-order valence-corrected chi connectivity index (χ4v) is 5.86. The van der Waals surface area contributed by atoms with Crippen LogP contribution in [0.4, 0.5) is 4.79 Å². The molecule has 0 radical (unpaired) electrons. The van der Waals surface area contributed by atoms with Gasteiger partial charge in [0.2, 0.25) is 0 Å². The average Bonchev–Trinajstić information content (AvgIpc) is 3.48. The quantitative estimate of drug-likeness (QED) is 0.137. The lowest BCUT2D eigenvalue weighted by Gasteiger charge is -2.34. The molecule has 3 aliphatic heterocycles. The number of imide groups is 1. The van der Waals surface area contributed by atoms with Gasteiger partial charge in [-0.05, 0) is 41.4 Å². The van der Waals surface area contributed by atoms with Gasteiger partial charge in [0.15, 0.2) is 11.4 Å². The molecule has 4 amide bonds. The fourth-order valence-electron chi connectivity index (χ4n) is 5.86. The van der Waals surface area contributed by atoms with E-state index in [4.69, 9.17) is 4.74 Å². The molecule has 3 aliphatic rings. The number of carbonyl (C=O) groups excluding carboxylic acids is 3. The van der Waals surface area contributed by atoms with Gasteiger partial charge in [0.1, 0.15) is 5.75 Å². The van der Waals surface area contributed by atoms with E-state index in [0.29, 0.717) is 29.3 Å². The Bertz CT molecular complexity index is 1560. The summed E-state index contributed by atoms with van der Waals surface area (Å²) in [6.45, 7) is 3.67. The Kier molecular flexibility index (Phi) is 7.03. The number of hydrogen-bond acceptors (Lipinski definition) is 7. The van der Waals surface area contributed by atoms with Crippen molar-refractivity contribution in [3.8, 4) is 16.9 Å². The van der Waals surface area contributed by atoms with E-state index in [1.54, 1.807) is 36.3 Å². The zero-order valence-corrected chi connectivity index (χ0v) is 23.5. The first-order valence-corrected chi connectivity index (χ1v) is 13.8. The molecule has 0 saturated carbocycles. The Morgan fingerprint density at radius 1 is 0.952 bits per heavy atom. The highest BCUT2D eigenvalue weighted by Crippen LogP contribution is 2.33. The second-order valence-electron chi connectivity index (χ2n) is 10.9. The molecule has 216 valence electrons. The van der Waals surface area contributed by atoms with Crippen LogP contribution < -0.4 is 15.4 Å². The zero-order valence-electron chi connectivity index (χ0n) is 23.5. The maximum atomic E-state index is 13.3. The minimum atomic E-state index is -1.43. The number of piperazine rings is 1. The molecule has 0 aliphatic carbocycles. The third-order valence-electron chi connectivity index (χ3n) is 8.32. The van der Waals surface area contributed by atoms with Crippen molar-refractivity contribution in [1.29, 1.82) is 0 Å². The highest BCUT2D eigenvalue weighted by Gasteiger charge is 2.50. The number of likely N-dealkylation sites (N-methyl/N-ethyl adjacent to an activating group) is 1. The Morgan fingerprint density at radius 3 is 2.21 bits per heavy atom. The summed E-state index contributed by atoms with van der Waals surface area (Å²) in [7, 11) is 3.62. The van der Waals surface area contributed by atoms with Crippen LogP contribution in [0.2, 0.25) is 0 Å². The number of urea groups is 1. The summed E-state index contributed by atoms with van der Waals surface area (Å²) in [5.41, 5.74) is 3.16. The molecule has 3 N–H and O–H groups in total. The Balaban J connectivity index is 1.23. The third-order valence-corrected chi connectivity index (χ3v) is 8.32. The summed E-state index contributed by atoms with van der Waals surface area (Å²) >= 11 is 0. The lowest BCUT2D eigenvalue weighted by molar-refractivity contribution is -0.124. The Morgan fingerprint density at radius 2 is 1.62 bits per heavy atom. The maximum Gasteiger partial charge on any atom is 0.322 e. The van der Waals surface area contributed by atoms with Crippen molar-refractivity contribution in [2.75, 3.05) is 46.9 Å². The van der Waals surface area contributed by atoms with Crippen LogP contribution >= 0.6 is 0 Å². The Hall–Kier alpha value is -4.90. The maximum absolute atomic E-state index is 13.3. The highest BCUT2D eigenvalue weighted by molar-refractivity contribution is 6.08. The van der Waals surface area contributed by atoms with Gasteiger partial charge in [-0.2, -0.15) is 0 Å². The third kappa shape index (κ3) is 4.81. The summed E-state index contributed by atoms with van der Waals surface area (Å²) in [4.78, 5) is 44.7. The van der Waals surface area contributed by atoms with Crippen molar-refractivity contribution < 1.29 is 24.3 Å². The molecule has 42 heavy (non-hydrogen) atoms. The van der Waals surface area contributed by atoms with E-state index in [1.165, 1.54) is 0 Å². The summed E-state index contributed by atoms with van der Waals surface area (Å²) in [6, 6.07) is 19.9. The van der Waals surface area contributed by atoms with Crippen LogP contribution in [-0.2, 0) is 16.9 Å². The van der Waals surface area contributed by atoms with Crippen molar-refractivity contribution >= 4 is 23.7 Å². The Labute approximate surface area is 243 Å². The van der Waals surface area contributed by atoms with E-state index >= 15 is 0 Å². The van der Waals surface area contributed by atoms with E-state index < -0.39 is 17.5 Å². The molecule has 3 heterocycles. The summed E-state index contributed by atoms with van der Waals surface area (Å²) in [5.74, 6) is 0.391. The van der Waals surface area contributed by atoms with E-state index in [2.05, 4.69) is 32.6 Å². The van der Waals surface area contributed by atoms with Crippen molar-refractivity contribution in [3.05, 3.63) is 89.0 Å². The summed E-state index contributed by atoms with van der Waals surface area (Å²) in [5, 5.41) is 18.4. The second kappa shape index (κ2) is 10.8. The molecule has 11 nitrogen and oxygen atoms in total. The predicted molar refractivity (Wildman–Crippen MR) is 155 cm³/mol. The molecule has 0 aromatic heterocycles. The predicted octanol–water partition coefficient (Wildman–Crippen LogP) is 2.44.